The van der Waals surface area contributed by atoms with Crippen LogP contribution in [0.1, 0.15) is 16.7 Å². The Bertz CT molecular complexity index is 465. The summed E-state index contributed by atoms with van der Waals surface area (Å²) in [5, 5.41) is 0.785. The molecule has 0 aliphatic heterocycles. The van der Waals surface area contributed by atoms with E-state index in [9.17, 15) is 0 Å². The molecule has 2 aromatic carbocycles. The topological polar surface area (TPSA) is 0 Å². The average Bonchev–Trinajstić information content (AvgIpc) is 2.30. The highest BCUT2D eigenvalue weighted by atomic mass is 35.5. The van der Waals surface area contributed by atoms with E-state index in [2.05, 4.69) is 25.1 Å². The zero-order chi connectivity index (χ0) is 11.4. The first kappa shape index (κ1) is 11.0. The van der Waals surface area contributed by atoms with Gasteiger partial charge in [0.1, 0.15) is 0 Å². The van der Waals surface area contributed by atoms with Crippen LogP contribution in [0.25, 0.3) is 12.2 Å². The molecule has 0 aliphatic carbocycles. The second-order valence-electron chi connectivity index (χ2n) is 3.71. The van der Waals surface area contributed by atoms with Crippen LogP contribution in [0, 0.1) is 6.92 Å². The summed E-state index contributed by atoms with van der Waals surface area (Å²) in [5.41, 5.74) is 3.54. The Morgan fingerprint density at radius 3 is 2.06 bits per heavy atom. The van der Waals surface area contributed by atoms with Crippen molar-refractivity contribution >= 4 is 23.8 Å². The first-order chi connectivity index (χ1) is 7.77. The highest BCUT2D eigenvalue weighted by Crippen LogP contribution is 2.18. The van der Waals surface area contributed by atoms with Crippen LogP contribution >= 0.6 is 11.6 Å². The molecule has 0 heterocycles. The van der Waals surface area contributed by atoms with Gasteiger partial charge in [-0.3, -0.25) is 0 Å². The molecule has 0 fully saturated rings. The minimum Gasteiger partial charge on any atom is -0.0837 e. The maximum absolute atomic E-state index is 6.08. The van der Waals surface area contributed by atoms with Crippen molar-refractivity contribution in [2.45, 2.75) is 6.92 Å². The molecule has 0 atom stereocenters. The lowest BCUT2D eigenvalue weighted by Crippen LogP contribution is -1.78. The lowest BCUT2D eigenvalue weighted by atomic mass is 10.1. The van der Waals surface area contributed by atoms with E-state index in [1.54, 1.807) is 0 Å². The van der Waals surface area contributed by atoms with Crippen LogP contribution in [-0.2, 0) is 0 Å². The summed E-state index contributed by atoms with van der Waals surface area (Å²) in [6.07, 6.45) is 4.14. The van der Waals surface area contributed by atoms with Gasteiger partial charge >= 0.3 is 0 Å². The van der Waals surface area contributed by atoms with Gasteiger partial charge in [0.15, 0.2) is 0 Å². The Labute approximate surface area is 101 Å². The molecule has 0 saturated heterocycles. The second-order valence-corrected chi connectivity index (χ2v) is 4.12. The molecule has 0 bridgehead atoms. The Balaban J connectivity index is 2.29. The lowest BCUT2D eigenvalue weighted by Gasteiger charge is -2.00. The predicted octanol–water partition coefficient (Wildman–Crippen LogP) is 4.82. The molecule has 0 unspecified atom stereocenters. The maximum Gasteiger partial charge on any atom is 0.0478 e. The molecule has 16 heavy (non-hydrogen) atoms. The van der Waals surface area contributed by atoms with E-state index in [4.69, 9.17) is 11.6 Å². The number of hydrogen-bond donors (Lipinski definition) is 0. The number of benzene rings is 2. The van der Waals surface area contributed by atoms with Crippen molar-refractivity contribution in [2.75, 3.05) is 0 Å². The third kappa shape index (κ3) is 2.53. The monoisotopic (exact) mass is 228 g/mol. The van der Waals surface area contributed by atoms with E-state index < -0.39 is 0 Å². The van der Waals surface area contributed by atoms with E-state index in [0.29, 0.717) is 0 Å². The molecule has 0 amide bonds. The van der Waals surface area contributed by atoms with Crippen LogP contribution in [0.4, 0.5) is 0 Å². The molecular weight excluding hydrogens is 216 g/mol. The SMILES string of the molecule is Cc1ccccc1C=Cc1ccccc1Cl. The molecule has 0 aliphatic rings. The molecule has 1 heteroatoms. The van der Waals surface area contributed by atoms with Gasteiger partial charge in [0.05, 0.1) is 0 Å². The van der Waals surface area contributed by atoms with E-state index in [1.807, 2.05) is 42.5 Å². The molecule has 2 rings (SSSR count). The van der Waals surface area contributed by atoms with Gasteiger partial charge in [-0.25, -0.2) is 0 Å². The number of hydrogen-bond acceptors (Lipinski definition) is 0. The van der Waals surface area contributed by atoms with Gasteiger partial charge in [-0.2, -0.15) is 0 Å². The smallest absolute Gasteiger partial charge is 0.0478 e. The van der Waals surface area contributed by atoms with Crippen LogP contribution in [0.3, 0.4) is 0 Å². The van der Waals surface area contributed by atoms with Crippen LogP contribution in [0.2, 0.25) is 5.02 Å². The second kappa shape index (κ2) is 5.00. The van der Waals surface area contributed by atoms with Crippen LogP contribution in [-0.4, -0.2) is 0 Å². The van der Waals surface area contributed by atoms with E-state index in [-0.39, 0.29) is 0 Å². The van der Waals surface area contributed by atoms with Crippen molar-refractivity contribution in [3.05, 3.63) is 70.2 Å². The average molecular weight is 229 g/mol. The zero-order valence-electron chi connectivity index (χ0n) is 9.15. The fraction of sp³-hybridized carbons (Fsp3) is 0.0667. The minimum atomic E-state index is 0.785. The summed E-state index contributed by atoms with van der Waals surface area (Å²) in [4.78, 5) is 0. The Morgan fingerprint density at radius 2 is 1.38 bits per heavy atom. The molecule has 0 N–H and O–H groups in total. The van der Waals surface area contributed by atoms with Gasteiger partial charge in [-0.1, -0.05) is 66.2 Å². The number of rotatable bonds is 2. The van der Waals surface area contributed by atoms with Gasteiger partial charge in [-0.15, -0.1) is 0 Å². The summed E-state index contributed by atoms with van der Waals surface area (Å²) >= 11 is 6.08. The third-order valence-corrected chi connectivity index (χ3v) is 2.88. The number of halogens is 1. The Hall–Kier alpha value is -1.53. The van der Waals surface area contributed by atoms with Crippen molar-refractivity contribution in [2.24, 2.45) is 0 Å². The van der Waals surface area contributed by atoms with Gasteiger partial charge in [-0.05, 0) is 29.7 Å². The molecular formula is C15H13Cl. The maximum atomic E-state index is 6.08. The standard InChI is InChI=1S/C15H13Cl/c1-12-6-2-3-7-13(12)10-11-14-8-4-5-9-15(14)16/h2-11H,1H3. The fourth-order valence-corrected chi connectivity index (χ4v) is 1.76. The minimum absolute atomic E-state index is 0.785. The Morgan fingerprint density at radius 1 is 0.812 bits per heavy atom. The largest absolute Gasteiger partial charge is 0.0837 e. The summed E-state index contributed by atoms with van der Waals surface area (Å²) < 4.78 is 0. The highest BCUT2D eigenvalue weighted by Gasteiger charge is 1.94. The summed E-state index contributed by atoms with van der Waals surface area (Å²) in [6, 6.07) is 16.1. The quantitative estimate of drug-likeness (QED) is 0.647. The van der Waals surface area contributed by atoms with Crippen molar-refractivity contribution in [1.29, 1.82) is 0 Å². The number of aryl methyl sites for hydroxylation is 1. The Kier molecular flexibility index (Phi) is 3.43. The van der Waals surface area contributed by atoms with Crippen LogP contribution in [0.15, 0.2) is 48.5 Å². The first-order valence-electron chi connectivity index (χ1n) is 5.25. The summed E-state index contributed by atoms with van der Waals surface area (Å²) in [6.45, 7) is 2.10. The van der Waals surface area contributed by atoms with Gasteiger partial charge in [0, 0.05) is 5.02 Å². The van der Waals surface area contributed by atoms with Gasteiger partial charge in [0.2, 0.25) is 0 Å². The van der Waals surface area contributed by atoms with Crippen molar-refractivity contribution in [3.63, 3.8) is 0 Å². The first-order valence-corrected chi connectivity index (χ1v) is 5.63. The predicted molar refractivity (Wildman–Crippen MR) is 71.6 cm³/mol. The van der Waals surface area contributed by atoms with E-state index in [1.165, 1.54) is 11.1 Å². The lowest BCUT2D eigenvalue weighted by molar-refractivity contribution is 1.45. The van der Waals surface area contributed by atoms with Crippen LogP contribution in [0.5, 0.6) is 0 Å². The van der Waals surface area contributed by atoms with Gasteiger partial charge < -0.3 is 0 Å². The van der Waals surface area contributed by atoms with Crippen molar-refractivity contribution in [3.8, 4) is 0 Å². The third-order valence-electron chi connectivity index (χ3n) is 2.54. The molecule has 0 nitrogen and oxygen atoms in total. The van der Waals surface area contributed by atoms with Crippen molar-refractivity contribution < 1.29 is 0 Å². The molecule has 0 spiro atoms. The van der Waals surface area contributed by atoms with E-state index >= 15 is 0 Å². The highest BCUT2D eigenvalue weighted by molar-refractivity contribution is 6.32. The molecule has 2 aromatic rings. The van der Waals surface area contributed by atoms with Crippen LogP contribution < -0.4 is 0 Å². The molecule has 80 valence electrons. The van der Waals surface area contributed by atoms with Gasteiger partial charge in [0.25, 0.3) is 0 Å². The van der Waals surface area contributed by atoms with Crippen molar-refractivity contribution in [1.82, 2.24) is 0 Å². The summed E-state index contributed by atoms with van der Waals surface area (Å²) in [7, 11) is 0. The molecule has 0 saturated carbocycles. The molecule has 0 radical (unpaired) electrons. The summed E-state index contributed by atoms with van der Waals surface area (Å²) in [5.74, 6) is 0. The molecule has 0 aromatic heterocycles. The van der Waals surface area contributed by atoms with E-state index in [0.717, 1.165) is 10.6 Å². The normalized spacial score (nSPS) is 10.9. The fourth-order valence-electron chi connectivity index (χ4n) is 1.56. The zero-order valence-corrected chi connectivity index (χ0v) is 9.91.